The minimum absolute atomic E-state index is 0. The minimum Gasteiger partial charge on any atom is -0.356 e. The predicted octanol–water partition coefficient (Wildman–Crippen LogP) is 3.20. The molecule has 1 unspecified atom stereocenters. The third-order valence-corrected chi connectivity index (χ3v) is 2.28. The highest BCUT2D eigenvalue weighted by molar-refractivity contribution is 5.80. The van der Waals surface area contributed by atoms with Crippen molar-refractivity contribution >= 4 is 5.91 Å². The Hall–Kier alpha value is -0.570. The molecule has 0 spiro atoms. The molecule has 2 rings (SSSR count). The fraction of sp³-hybridized carbons (Fsp3) is 0.929. The molecule has 0 bridgehead atoms. The molecule has 106 valence electrons. The quantitative estimate of drug-likeness (QED) is 0.689. The fourth-order valence-electron chi connectivity index (χ4n) is 1.34. The number of nitrogens with one attached hydrogen (secondary N) is 2. The summed E-state index contributed by atoms with van der Waals surface area (Å²) in [4.78, 5) is 10.5. The molecule has 0 aromatic carbocycles. The summed E-state index contributed by atoms with van der Waals surface area (Å²) in [6.07, 6.45) is 3.79. The monoisotopic (exact) mass is 246 g/mol. The van der Waals surface area contributed by atoms with Gasteiger partial charge in [0.15, 0.2) is 0 Å². The maximum Gasteiger partial charge on any atom is 0.222 e. The van der Waals surface area contributed by atoms with E-state index in [0.29, 0.717) is 0 Å². The van der Waals surface area contributed by atoms with Gasteiger partial charge in [-0.25, -0.2) is 0 Å². The molecular formula is C14H34N2O. The topological polar surface area (TPSA) is 41.1 Å². The Kier molecular flexibility index (Phi) is 22.7. The van der Waals surface area contributed by atoms with E-state index in [9.17, 15) is 4.79 Å². The van der Waals surface area contributed by atoms with Gasteiger partial charge in [0, 0.05) is 12.5 Å². The molecule has 2 aliphatic rings. The van der Waals surface area contributed by atoms with Crippen LogP contribution < -0.4 is 10.6 Å². The Balaban J connectivity index is -0.000000175. The molecule has 0 aromatic heterocycles. The summed E-state index contributed by atoms with van der Waals surface area (Å²) in [5.74, 6) is 0.472. The lowest BCUT2D eigenvalue weighted by molar-refractivity contribution is -0.121. The van der Waals surface area contributed by atoms with Crippen LogP contribution in [-0.4, -0.2) is 25.5 Å². The normalized spacial score (nSPS) is 20.3. The second kappa shape index (κ2) is 17.8. The number of hydrogen-bond acceptors (Lipinski definition) is 2. The number of carbonyl (C=O) groups excluding carboxylic acids is 1. The molecule has 3 nitrogen and oxygen atoms in total. The van der Waals surface area contributed by atoms with Crippen molar-refractivity contribution < 1.29 is 4.79 Å². The molecule has 1 amide bonds. The zero-order chi connectivity index (χ0) is 12.8. The second-order valence-electron chi connectivity index (χ2n) is 3.44. The van der Waals surface area contributed by atoms with Gasteiger partial charge in [-0.2, -0.15) is 0 Å². The zero-order valence-electron chi connectivity index (χ0n) is 11.7. The molecule has 0 aliphatic carbocycles. The van der Waals surface area contributed by atoms with Crippen molar-refractivity contribution in [3.63, 3.8) is 0 Å². The van der Waals surface area contributed by atoms with Gasteiger partial charge in [-0.15, -0.1) is 0 Å². The highest BCUT2D eigenvalue weighted by atomic mass is 16.2. The lowest BCUT2D eigenvalue weighted by Crippen LogP contribution is -2.16. The Morgan fingerprint density at radius 3 is 1.59 bits per heavy atom. The van der Waals surface area contributed by atoms with Gasteiger partial charge in [-0.3, -0.25) is 4.79 Å². The summed E-state index contributed by atoms with van der Waals surface area (Å²) in [5.41, 5.74) is 0. The summed E-state index contributed by atoms with van der Waals surface area (Å²) in [5, 5.41) is 5.95. The van der Waals surface area contributed by atoms with Gasteiger partial charge in [-0.05, 0) is 32.4 Å². The molecule has 0 aromatic rings. The predicted molar refractivity (Wildman–Crippen MR) is 78.3 cm³/mol. The average Bonchev–Trinajstić information content (AvgIpc) is 3.01. The van der Waals surface area contributed by atoms with Crippen LogP contribution in [0, 0.1) is 5.92 Å². The van der Waals surface area contributed by atoms with Crippen molar-refractivity contribution in [1.82, 2.24) is 10.6 Å². The van der Waals surface area contributed by atoms with Crippen LogP contribution in [0.3, 0.4) is 0 Å². The number of hydrogen-bond donors (Lipinski definition) is 2. The molecule has 2 saturated heterocycles. The van der Waals surface area contributed by atoms with Gasteiger partial charge >= 0.3 is 0 Å². The SMILES string of the molecule is C.C1CCNC1.CC.CC.CC1CCNC1=O. The summed E-state index contributed by atoms with van der Waals surface area (Å²) < 4.78 is 0. The van der Waals surface area contributed by atoms with Crippen LogP contribution in [0.5, 0.6) is 0 Å². The molecule has 2 aliphatic heterocycles. The molecule has 2 N–H and O–H groups in total. The van der Waals surface area contributed by atoms with E-state index in [1.165, 1.54) is 25.9 Å². The van der Waals surface area contributed by atoms with Crippen molar-refractivity contribution in [3.8, 4) is 0 Å². The molecule has 3 heteroatoms. The lowest BCUT2D eigenvalue weighted by atomic mass is 10.1. The van der Waals surface area contributed by atoms with Crippen LogP contribution in [0.15, 0.2) is 0 Å². The minimum atomic E-state index is 0. The van der Waals surface area contributed by atoms with E-state index in [0.717, 1.165) is 13.0 Å². The molecular weight excluding hydrogens is 212 g/mol. The highest BCUT2D eigenvalue weighted by Gasteiger charge is 2.17. The Morgan fingerprint density at radius 1 is 1.00 bits per heavy atom. The van der Waals surface area contributed by atoms with E-state index >= 15 is 0 Å². The van der Waals surface area contributed by atoms with E-state index in [2.05, 4.69) is 10.6 Å². The summed E-state index contributed by atoms with van der Waals surface area (Å²) in [6.45, 7) is 13.3. The summed E-state index contributed by atoms with van der Waals surface area (Å²) in [6, 6.07) is 0. The van der Waals surface area contributed by atoms with E-state index < -0.39 is 0 Å². The van der Waals surface area contributed by atoms with Gasteiger partial charge in [0.05, 0.1) is 0 Å². The van der Waals surface area contributed by atoms with Gasteiger partial charge in [-0.1, -0.05) is 42.0 Å². The standard InChI is InChI=1S/C5H9NO.C4H9N.2C2H6.CH4/c1-4-2-3-6-5(4)7;1-2-4-5-3-1;2*1-2;/h4H,2-3H2,1H3,(H,6,7);5H,1-4H2;2*1-2H3;1H4. The third-order valence-electron chi connectivity index (χ3n) is 2.28. The van der Waals surface area contributed by atoms with E-state index in [4.69, 9.17) is 0 Å². The Labute approximate surface area is 109 Å². The molecule has 17 heavy (non-hydrogen) atoms. The molecule has 0 saturated carbocycles. The van der Waals surface area contributed by atoms with Crippen LogP contribution in [0.2, 0.25) is 0 Å². The Bertz CT molecular complexity index is 138. The first kappa shape index (κ1) is 21.7. The van der Waals surface area contributed by atoms with Gasteiger partial charge < -0.3 is 10.6 Å². The average molecular weight is 246 g/mol. The van der Waals surface area contributed by atoms with Crippen LogP contribution in [0.25, 0.3) is 0 Å². The molecule has 2 fully saturated rings. The summed E-state index contributed by atoms with van der Waals surface area (Å²) >= 11 is 0. The van der Waals surface area contributed by atoms with Crippen molar-refractivity contribution in [1.29, 1.82) is 0 Å². The first-order chi connectivity index (χ1) is 7.80. The number of amides is 1. The van der Waals surface area contributed by atoms with Crippen molar-refractivity contribution in [2.75, 3.05) is 19.6 Å². The lowest BCUT2D eigenvalue weighted by Gasteiger charge is -1.90. The zero-order valence-corrected chi connectivity index (χ0v) is 11.7. The van der Waals surface area contributed by atoms with Crippen molar-refractivity contribution in [3.05, 3.63) is 0 Å². The van der Waals surface area contributed by atoms with Crippen LogP contribution in [-0.2, 0) is 4.79 Å². The maximum absolute atomic E-state index is 10.5. The smallest absolute Gasteiger partial charge is 0.222 e. The van der Waals surface area contributed by atoms with Crippen LogP contribution in [0.4, 0.5) is 0 Å². The maximum atomic E-state index is 10.5. The molecule has 2 heterocycles. The largest absolute Gasteiger partial charge is 0.356 e. The van der Waals surface area contributed by atoms with Gasteiger partial charge in [0.1, 0.15) is 0 Å². The molecule has 1 atom stereocenters. The highest BCUT2D eigenvalue weighted by Crippen LogP contribution is 2.05. The van der Waals surface area contributed by atoms with Crippen molar-refractivity contribution in [2.45, 2.75) is 61.3 Å². The fourth-order valence-corrected chi connectivity index (χ4v) is 1.34. The second-order valence-corrected chi connectivity index (χ2v) is 3.44. The van der Waals surface area contributed by atoms with Crippen LogP contribution in [0.1, 0.15) is 61.3 Å². The number of carbonyl (C=O) groups is 1. The third kappa shape index (κ3) is 13.4. The Morgan fingerprint density at radius 2 is 1.47 bits per heavy atom. The van der Waals surface area contributed by atoms with E-state index in [1.807, 2.05) is 34.6 Å². The summed E-state index contributed by atoms with van der Waals surface area (Å²) in [7, 11) is 0. The van der Waals surface area contributed by atoms with E-state index in [-0.39, 0.29) is 19.3 Å². The molecule has 0 radical (unpaired) electrons. The first-order valence-electron chi connectivity index (χ1n) is 6.79. The van der Waals surface area contributed by atoms with Crippen LogP contribution >= 0.6 is 0 Å². The van der Waals surface area contributed by atoms with Crippen molar-refractivity contribution in [2.24, 2.45) is 5.92 Å². The van der Waals surface area contributed by atoms with Gasteiger partial charge in [0.2, 0.25) is 5.91 Å². The number of rotatable bonds is 0. The van der Waals surface area contributed by atoms with Gasteiger partial charge in [0.25, 0.3) is 0 Å². The first-order valence-corrected chi connectivity index (χ1v) is 6.79. The van der Waals surface area contributed by atoms with E-state index in [1.54, 1.807) is 0 Å².